The second-order valence-electron chi connectivity index (χ2n) is 14.2. The van der Waals surface area contributed by atoms with Crippen LogP contribution in [0.1, 0.15) is 81.5 Å². The summed E-state index contributed by atoms with van der Waals surface area (Å²) in [7, 11) is 0. The number of aliphatic hydroxyl groups is 1. The Morgan fingerprint density at radius 2 is 1.81 bits per heavy atom. The number of phenolic OH excluding ortho intramolecular Hbond substituents is 1. The van der Waals surface area contributed by atoms with Crippen LogP contribution in [0.25, 0.3) is 10.9 Å². The first-order valence-electron chi connectivity index (χ1n) is 16.9. The Kier molecular flexibility index (Phi) is 6.90. The van der Waals surface area contributed by atoms with Gasteiger partial charge < -0.3 is 25.4 Å². The van der Waals surface area contributed by atoms with Crippen molar-refractivity contribution >= 4 is 10.9 Å². The highest BCUT2D eigenvalue weighted by Gasteiger charge is 2.66. The van der Waals surface area contributed by atoms with E-state index in [1.165, 1.54) is 55.5 Å². The van der Waals surface area contributed by atoms with Gasteiger partial charge in [0.05, 0.1) is 23.2 Å². The molecule has 3 bridgehead atoms. The van der Waals surface area contributed by atoms with Gasteiger partial charge in [0.2, 0.25) is 0 Å². The first kappa shape index (κ1) is 27.2. The third-order valence-electron chi connectivity index (χ3n) is 11.8. The Morgan fingerprint density at radius 3 is 2.74 bits per heavy atom. The fraction of sp³-hybridized carbons (Fsp3) is 0.611. The van der Waals surface area contributed by atoms with E-state index in [9.17, 15) is 10.2 Å². The van der Waals surface area contributed by atoms with Gasteiger partial charge in [-0.3, -0.25) is 4.90 Å². The second-order valence-corrected chi connectivity index (χ2v) is 14.2. The maximum absolute atomic E-state index is 13.1. The van der Waals surface area contributed by atoms with E-state index >= 15 is 0 Å². The van der Waals surface area contributed by atoms with Crippen LogP contribution in [0.4, 0.5) is 0 Å². The summed E-state index contributed by atoms with van der Waals surface area (Å²) >= 11 is 0. The average Bonchev–Trinajstić information content (AvgIpc) is 3.50. The van der Waals surface area contributed by atoms with Crippen molar-refractivity contribution in [1.29, 1.82) is 0 Å². The molecule has 4 N–H and O–H groups in total. The Balaban J connectivity index is 1.30. The zero-order valence-corrected chi connectivity index (χ0v) is 25.0. The lowest BCUT2D eigenvalue weighted by Crippen LogP contribution is -2.66. The molecule has 1 aromatic heterocycles. The first-order chi connectivity index (χ1) is 20.6. The molecule has 0 amide bonds. The Morgan fingerprint density at radius 1 is 0.952 bits per heavy atom. The molecule has 0 radical (unpaired) electrons. The third-order valence-corrected chi connectivity index (χ3v) is 11.8. The molecule has 224 valence electrons. The molecule has 1 aliphatic carbocycles. The number of aromatic hydroxyl groups is 1. The minimum Gasteiger partial charge on any atom is -0.506 e. The predicted octanol–water partition coefficient (Wildman–Crippen LogP) is 5.74. The number of aromatic amines is 1. The van der Waals surface area contributed by atoms with Crippen molar-refractivity contribution in [3.8, 4) is 5.75 Å². The van der Waals surface area contributed by atoms with E-state index in [1.54, 1.807) is 6.07 Å². The second kappa shape index (κ2) is 10.7. The van der Waals surface area contributed by atoms with Gasteiger partial charge in [0, 0.05) is 35.6 Å². The van der Waals surface area contributed by atoms with Crippen molar-refractivity contribution in [3.05, 3.63) is 65.4 Å². The fourth-order valence-electron chi connectivity index (χ4n) is 10.2. The highest BCUT2D eigenvalue weighted by Crippen LogP contribution is 2.61. The summed E-state index contributed by atoms with van der Waals surface area (Å²) in [6.45, 7) is 5.38. The van der Waals surface area contributed by atoms with Crippen LogP contribution in [-0.2, 0) is 6.42 Å². The molecule has 6 heteroatoms. The van der Waals surface area contributed by atoms with Crippen molar-refractivity contribution in [3.63, 3.8) is 0 Å². The van der Waals surface area contributed by atoms with Gasteiger partial charge in [0.15, 0.2) is 0 Å². The van der Waals surface area contributed by atoms with E-state index in [0.717, 1.165) is 75.6 Å². The maximum Gasteiger partial charge on any atom is 0.139 e. The molecule has 6 heterocycles. The topological polar surface area (TPSA) is 74.8 Å². The summed E-state index contributed by atoms with van der Waals surface area (Å²) in [6, 6.07) is 6.47. The van der Waals surface area contributed by atoms with Crippen LogP contribution in [0.15, 0.2) is 54.2 Å². The van der Waals surface area contributed by atoms with Gasteiger partial charge in [0.25, 0.3) is 0 Å². The molecule has 42 heavy (non-hydrogen) atoms. The van der Waals surface area contributed by atoms with Crippen molar-refractivity contribution in [2.45, 2.75) is 94.4 Å². The van der Waals surface area contributed by atoms with Crippen LogP contribution >= 0.6 is 0 Å². The number of nitrogens with one attached hydrogen (secondary N) is 2. The summed E-state index contributed by atoms with van der Waals surface area (Å²) in [5.74, 6) is 0.744. The van der Waals surface area contributed by atoms with Gasteiger partial charge in [-0.15, -0.1) is 0 Å². The number of para-hydroxylation sites is 1. The van der Waals surface area contributed by atoms with Gasteiger partial charge in [-0.05, 0) is 113 Å². The van der Waals surface area contributed by atoms with Crippen molar-refractivity contribution in [1.82, 2.24) is 20.1 Å². The molecular weight excluding hydrogens is 520 g/mol. The van der Waals surface area contributed by atoms with Gasteiger partial charge in [0.1, 0.15) is 5.75 Å². The number of piperidine rings is 1. The minimum atomic E-state index is -0.886. The number of allylic oxidation sites excluding steroid dienone is 3. The lowest BCUT2D eigenvalue weighted by atomic mass is 9.54. The monoisotopic (exact) mass is 568 g/mol. The molecule has 5 aliphatic heterocycles. The number of benzene rings is 1. The highest BCUT2D eigenvalue weighted by atomic mass is 16.3. The molecule has 1 aromatic carbocycles. The molecular formula is C36H48N4O2. The number of phenols is 1. The quantitative estimate of drug-likeness (QED) is 0.330. The van der Waals surface area contributed by atoms with E-state index in [-0.39, 0.29) is 17.5 Å². The lowest BCUT2D eigenvalue weighted by Gasteiger charge is -2.59. The maximum atomic E-state index is 13.1. The highest BCUT2D eigenvalue weighted by molar-refractivity contribution is 5.90. The SMILES string of the molecule is Oc1cccc2c3c([nH]c12)[C@@H](C1=C[C@@]2(O)CC/C=C\CCCCN4CC[C@@H]1[C@]1(C[C@@H]5/C=C\CCCCN5[C@H]12)C4)NCC3. The predicted molar refractivity (Wildman–Crippen MR) is 169 cm³/mol. The molecule has 6 nitrogen and oxygen atoms in total. The molecule has 6 aliphatic rings. The van der Waals surface area contributed by atoms with Crippen LogP contribution in [-0.4, -0.2) is 75.4 Å². The van der Waals surface area contributed by atoms with E-state index < -0.39 is 5.60 Å². The average molecular weight is 569 g/mol. The summed E-state index contributed by atoms with van der Waals surface area (Å²) in [5, 5.41) is 28.9. The van der Waals surface area contributed by atoms with E-state index in [0.29, 0.717) is 17.7 Å². The molecule has 7 atom stereocenters. The summed E-state index contributed by atoms with van der Waals surface area (Å²) < 4.78 is 0. The third kappa shape index (κ3) is 4.28. The van der Waals surface area contributed by atoms with Gasteiger partial charge in [-0.25, -0.2) is 0 Å². The van der Waals surface area contributed by atoms with Gasteiger partial charge >= 0.3 is 0 Å². The van der Waals surface area contributed by atoms with Gasteiger partial charge in [-0.1, -0.05) is 42.5 Å². The largest absolute Gasteiger partial charge is 0.506 e. The molecule has 0 saturated carbocycles. The minimum absolute atomic E-state index is 0.0155. The van der Waals surface area contributed by atoms with Crippen LogP contribution < -0.4 is 5.32 Å². The van der Waals surface area contributed by atoms with E-state index in [2.05, 4.69) is 56.5 Å². The molecule has 1 spiro atoms. The Hall–Kier alpha value is -2.38. The molecule has 2 aromatic rings. The summed E-state index contributed by atoms with van der Waals surface area (Å²) in [4.78, 5) is 9.21. The van der Waals surface area contributed by atoms with Crippen molar-refractivity contribution < 1.29 is 10.2 Å². The summed E-state index contributed by atoms with van der Waals surface area (Å²) in [5.41, 5.74) is 3.91. The number of hydrogen-bond acceptors (Lipinski definition) is 5. The van der Waals surface area contributed by atoms with Crippen molar-refractivity contribution in [2.24, 2.45) is 11.3 Å². The van der Waals surface area contributed by atoms with E-state index in [4.69, 9.17) is 0 Å². The number of nitrogens with zero attached hydrogens (tertiary/aromatic N) is 2. The fourth-order valence-corrected chi connectivity index (χ4v) is 10.2. The smallest absolute Gasteiger partial charge is 0.139 e. The zero-order chi connectivity index (χ0) is 28.3. The lowest BCUT2D eigenvalue weighted by molar-refractivity contribution is -0.0984. The van der Waals surface area contributed by atoms with Gasteiger partial charge in [-0.2, -0.15) is 0 Å². The van der Waals surface area contributed by atoms with Crippen LogP contribution in [0, 0.1) is 11.3 Å². The number of hydrogen-bond donors (Lipinski definition) is 4. The van der Waals surface area contributed by atoms with Crippen LogP contribution in [0.2, 0.25) is 0 Å². The Labute approximate surface area is 250 Å². The zero-order valence-electron chi connectivity index (χ0n) is 25.0. The number of aromatic nitrogens is 1. The van der Waals surface area contributed by atoms with Crippen molar-refractivity contribution in [2.75, 3.05) is 32.7 Å². The van der Waals surface area contributed by atoms with Crippen LogP contribution in [0.5, 0.6) is 5.75 Å². The molecule has 8 rings (SSSR count). The normalized spacial score (nSPS) is 40.3. The van der Waals surface area contributed by atoms with Crippen LogP contribution in [0.3, 0.4) is 0 Å². The summed E-state index contributed by atoms with van der Waals surface area (Å²) in [6.07, 6.45) is 24.2. The first-order valence-corrected chi connectivity index (χ1v) is 16.9. The number of H-pyrrole nitrogens is 1. The molecule has 2 saturated heterocycles. The number of fused-ring (bicyclic) bond motifs is 5. The molecule has 2 fully saturated rings. The standard InChI is InChI=1S/C36H48N4O2/c41-30-14-11-13-26-27-15-18-37-32(33(27)38-31(26)30)28-23-36(42)17-8-4-1-2-5-9-19-39-21-16-29(28)35(24-39)22-25-12-7-3-6-10-20-40(25)34(35)36/h1,4,7,11-14,23,25,29,32,34,37-38,41-42H,2-3,5-6,8-10,15-22,24H2/b4-1-,12-7-/t25-,29-,32+,34+,35-,36-/m0/s1. The van der Waals surface area contributed by atoms with E-state index in [1.807, 2.05) is 6.07 Å². The Bertz CT molecular complexity index is 1420. The number of rotatable bonds is 1. The molecule has 1 unspecified atom stereocenters.